The highest BCUT2D eigenvalue weighted by molar-refractivity contribution is 7.10. The van der Waals surface area contributed by atoms with E-state index in [2.05, 4.69) is 15.0 Å². The number of hydrogen-bond acceptors (Lipinski definition) is 7. The molecule has 2 N–H and O–H groups in total. The standard InChI is InChI=1S/C17H21N3O4S/c1-10(12-7-5-6-8-13(12)23-4)19-14(21)9-24-17(22)15-11(2)20-25-16(15)18-3/h5-8,10,18H,9H2,1-4H3,(H,19,21). The minimum atomic E-state index is -0.573. The molecule has 0 saturated carbocycles. The molecule has 25 heavy (non-hydrogen) atoms. The second kappa shape index (κ2) is 8.48. The van der Waals surface area contributed by atoms with E-state index >= 15 is 0 Å². The molecule has 2 rings (SSSR count). The Balaban J connectivity index is 1.94. The van der Waals surface area contributed by atoms with Gasteiger partial charge in [-0.2, -0.15) is 4.37 Å². The Morgan fingerprint density at radius 2 is 2.04 bits per heavy atom. The maximum Gasteiger partial charge on any atom is 0.343 e. The van der Waals surface area contributed by atoms with Crippen LogP contribution >= 0.6 is 11.5 Å². The summed E-state index contributed by atoms with van der Waals surface area (Å²) in [5.41, 5.74) is 1.78. The number of carbonyl (C=O) groups excluding carboxylic acids is 2. The lowest BCUT2D eigenvalue weighted by Gasteiger charge is -2.17. The number of aryl methyl sites for hydroxylation is 1. The lowest BCUT2D eigenvalue weighted by atomic mass is 10.1. The molecule has 0 spiro atoms. The molecule has 0 aliphatic rings. The lowest BCUT2D eigenvalue weighted by Crippen LogP contribution is -2.31. The predicted molar refractivity (Wildman–Crippen MR) is 96.2 cm³/mol. The van der Waals surface area contributed by atoms with Crippen LogP contribution in [0.2, 0.25) is 0 Å². The van der Waals surface area contributed by atoms with Crippen molar-refractivity contribution in [2.75, 3.05) is 26.1 Å². The smallest absolute Gasteiger partial charge is 0.343 e. The molecule has 1 amide bonds. The second-order valence-corrected chi connectivity index (χ2v) is 6.10. The third-order valence-electron chi connectivity index (χ3n) is 3.61. The van der Waals surface area contributed by atoms with Gasteiger partial charge in [0.1, 0.15) is 16.3 Å². The van der Waals surface area contributed by atoms with Gasteiger partial charge in [-0.3, -0.25) is 4.79 Å². The van der Waals surface area contributed by atoms with E-state index in [9.17, 15) is 9.59 Å². The number of carbonyl (C=O) groups is 2. The van der Waals surface area contributed by atoms with E-state index in [0.29, 0.717) is 22.0 Å². The van der Waals surface area contributed by atoms with Gasteiger partial charge in [-0.15, -0.1) is 0 Å². The molecular weight excluding hydrogens is 342 g/mol. The fourth-order valence-electron chi connectivity index (χ4n) is 2.37. The van der Waals surface area contributed by atoms with Gasteiger partial charge >= 0.3 is 5.97 Å². The number of amides is 1. The SMILES string of the molecule is CNc1snc(C)c1C(=O)OCC(=O)NC(C)c1ccccc1OC. The maximum absolute atomic E-state index is 12.2. The molecule has 0 radical (unpaired) electrons. The van der Waals surface area contributed by atoms with Crippen LogP contribution in [0.25, 0.3) is 0 Å². The second-order valence-electron chi connectivity index (χ2n) is 5.33. The summed E-state index contributed by atoms with van der Waals surface area (Å²) >= 11 is 1.17. The van der Waals surface area contributed by atoms with Gasteiger partial charge in [0.05, 0.1) is 18.8 Å². The number of ether oxygens (including phenoxy) is 2. The average molecular weight is 363 g/mol. The van der Waals surface area contributed by atoms with Crippen LogP contribution in [0.1, 0.15) is 34.6 Å². The Morgan fingerprint density at radius 3 is 2.72 bits per heavy atom. The molecule has 134 valence electrons. The van der Waals surface area contributed by atoms with Crippen LogP contribution < -0.4 is 15.4 Å². The molecule has 2 aromatic rings. The first-order valence-corrected chi connectivity index (χ1v) is 8.48. The molecule has 1 heterocycles. The zero-order chi connectivity index (χ0) is 18.4. The van der Waals surface area contributed by atoms with E-state index in [1.807, 2.05) is 31.2 Å². The summed E-state index contributed by atoms with van der Waals surface area (Å²) in [4.78, 5) is 24.3. The van der Waals surface area contributed by atoms with Crippen LogP contribution in [0.5, 0.6) is 5.75 Å². The van der Waals surface area contributed by atoms with Gasteiger partial charge in [-0.05, 0) is 31.4 Å². The Kier molecular flexibility index (Phi) is 6.35. The molecule has 0 bridgehead atoms. The van der Waals surface area contributed by atoms with Gasteiger partial charge in [-0.1, -0.05) is 18.2 Å². The van der Waals surface area contributed by atoms with Crippen LogP contribution in [-0.4, -0.2) is 37.0 Å². The summed E-state index contributed by atoms with van der Waals surface area (Å²) in [5.74, 6) is -0.278. The summed E-state index contributed by atoms with van der Waals surface area (Å²) in [6.07, 6.45) is 0. The van der Waals surface area contributed by atoms with Crippen molar-refractivity contribution in [1.29, 1.82) is 0 Å². The molecule has 1 aromatic carbocycles. The molecule has 0 aliphatic carbocycles. The molecule has 7 nitrogen and oxygen atoms in total. The minimum absolute atomic E-state index is 0.278. The van der Waals surface area contributed by atoms with E-state index in [0.717, 1.165) is 5.56 Å². The van der Waals surface area contributed by atoms with E-state index < -0.39 is 11.9 Å². The Hall–Kier alpha value is -2.61. The highest BCUT2D eigenvalue weighted by Crippen LogP contribution is 2.25. The molecule has 0 aliphatic heterocycles. The molecule has 0 fully saturated rings. The number of nitrogens with one attached hydrogen (secondary N) is 2. The number of para-hydroxylation sites is 1. The molecule has 1 atom stereocenters. The fourth-order valence-corrected chi connectivity index (χ4v) is 3.10. The van der Waals surface area contributed by atoms with Gasteiger partial charge in [0, 0.05) is 12.6 Å². The van der Waals surface area contributed by atoms with Gasteiger partial charge in [0.15, 0.2) is 6.61 Å². The summed E-state index contributed by atoms with van der Waals surface area (Å²) in [5, 5.41) is 6.30. The van der Waals surface area contributed by atoms with Crippen molar-refractivity contribution in [3.05, 3.63) is 41.1 Å². The summed E-state index contributed by atoms with van der Waals surface area (Å²) in [7, 11) is 3.27. The van der Waals surface area contributed by atoms with Crippen LogP contribution in [0.15, 0.2) is 24.3 Å². The van der Waals surface area contributed by atoms with E-state index in [1.165, 1.54) is 11.5 Å². The minimum Gasteiger partial charge on any atom is -0.496 e. The number of esters is 1. The van der Waals surface area contributed by atoms with Crippen molar-refractivity contribution in [3.63, 3.8) is 0 Å². The normalized spacial score (nSPS) is 11.5. The summed E-state index contributed by atoms with van der Waals surface area (Å²) in [6.45, 7) is 3.19. The largest absolute Gasteiger partial charge is 0.496 e. The van der Waals surface area contributed by atoms with Gasteiger partial charge < -0.3 is 20.1 Å². The molecule has 1 aromatic heterocycles. The number of benzene rings is 1. The average Bonchev–Trinajstić information content (AvgIpc) is 3.00. The first-order chi connectivity index (χ1) is 12.0. The summed E-state index contributed by atoms with van der Waals surface area (Å²) < 4.78 is 14.5. The lowest BCUT2D eigenvalue weighted by molar-refractivity contribution is -0.124. The third-order valence-corrected chi connectivity index (χ3v) is 4.57. The van der Waals surface area contributed by atoms with Crippen molar-refractivity contribution in [2.45, 2.75) is 19.9 Å². The quantitative estimate of drug-likeness (QED) is 0.735. The summed E-state index contributed by atoms with van der Waals surface area (Å²) in [6, 6.07) is 7.14. The zero-order valence-corrected chi connectivity index (χ0v) is 15.4. The van der Waals surface area contributed by atoms with E-state index in [1.54, 1.807) is 21.1 Å². The van der Waals surface area contributed by atoms with E-state index in [-0.39, 0.29) is 12.6 Å². The van der Waals surface area contributed by atoms with Crippen LogP contribution in [-0.2, 0) is 9.53 Å². The first-order valence-electron chi connectivity index (χ1n) is 7.71. The Bertz CT molecular complexity index is 760. The third kappa shape index (κ3) is 4.48. The van der Waals surface area contributed by atoms with Gasteiger partial charge in [0.2, 0.25) is 0 Å². The van der Waals surface area contributed by atoms with Crippen molar-refractivity contribution < 1.29 is 19.1 Å². The number of aromatic nitrogens is 1. The predicted octanol–water partition coefficient (Wildman–Crippen LogP) is 2.54. The topological polar surface area (TPSA) is 89.5 Å². The monoisotopic (exact) mass is 363 g/mol. The van der Waals surface area contributed by atoms with Crippen LogP contribution in [0.3, 0.4) is 0 Å². The number of rotatable bonds is 7. The molecule has 0 saturated heterocycles. The first kappa shape index (κ1) is 18.7. The van der Waals surface area contributed by atoms with Crippen molar-refractivity contribution >= 4 is 28.4 Å². The highest BCUT2D eigenvalue weighted by atomic mass is 32.1. The fraction of sp³-hybridized carbons (Fsp3) is 0.353. The van der Waals surface area contributed by atoms with Gasteiger partial charge in [-0.25, -0.2) is 4.79 Å². The molecular formula is C17H21N3O4S. The van der Waals surface area contributed by atoms with Crippen LogP contribution in [0, 0.1) is 6.92 Å². The van der Waals surface area contributed by atoms with Crippen molar-refractivity contribution in [3.8, 4) is 5.75 Å². The number of hydrogen-bond donors (Lipinski definition) is 2. The Labute approximate surface area is 150 Å². The zero-order valence-electron chi connectivity index (χ0n) is 14.6. The number of methoxy groups -OCH3 is 1. The molecule has 1 unspecified atom stereocenters. The van der Waals surface area contributed by atoms with E-state index in [4.69, 9.17) is 9.47 Å². The van der Waals surface area contributed by atoms with Gasteiger partial charge in [0.25, 0.3) is 5.91 Å². The van der Waals surface area contributed by atoms with Crippen LogP contribution in [0.4, 0.5) is 5.00 Å². The highest BCUT2D eigenvalue weighted by Gasteiger charge is 2.21. The number of anilines is 1. The maximum atomic E-state index is 12.2. The molecule has 8 heteroatoms. The Morgan fingerprint density at radius 1 is 1.32 bits per heavy atom. The van der Waals surface area contributed by atoms with Crippen molar-refractivity contribution in [1.82, 2.24) is 9.69 Å². The van der Waals surface area contributed by atoms with Crippen molar-refractivity contribution in [2.24, 2.45) is 0 Å². The number of nitrogens with zero attached hydrogens (tertiary/aromatic N) is 1.